The Morgan fingerprint density at radius 1 is 1.33 bits per heavy atom. The first-order valence-electron chi connectivity index (χ1n) is 5.90. The summed E-state index contributed by atoms with van der Waals surface area (Å²) in [6.07, 6.45) is 1.04. The molecule has 0 aliphatic heterocycles. The molecule has 1 atom stereocenters. The highest BCUT2D eigenvalue weighted by Crippen LogP contribution is 2.27. The number of likely N-dealkylation sites (N-methyl/N-ethyl adjacent to an activating group) is 1. The van der Waals surface area contributed by atoms with Gasteiger partial charge in [0.2, 0.25) is 0 Å². The molecule has 1 unspecified atom stereocenters. The summed E-state index contributed by atoms with van der Waals surface area (Å²) in [5, 5.41) is 5.79. The topological polar surface area (TPSA) is 12.0 Å². The molecule has 0 fully saturated rings. The molecule has 0 saturated heterocycles. The normalized spacial score (nSPS) is 12.6. The molecule has 1 N–H and O–H groups in total. The van der Waals surface area contributed by atoms with E-state index in [0.29, 0.717) is 6.04 Å². The Bertz CT molecular complexity index is 495. The fourth-order valence-electron chi connectivity index (χ4n) is 1.92. The Labute approximate surface area is 134 Å². The van der Waals surface area contributed by atoms with Gasteiger partial charge < -0.3 is 5.32 Å². The zero-order chi connectivity index (χ0) is 13.0. The van der Waals surface area contributed by atoms with E-state index in [0.717, 1.165) is 13.0 Å². The molecule has 0 bridgehead atoms. The lowest BCUT2D eigenvalue weighted by Crippen LogP contribution is -2.22. The molecule has 1 heterocycles. The van der Waals surface area contributed by atoms with E-state index in [9.17, 15) is 0 Å². The van der Waals surface area contributed by atoms with E-state index in [4.69, 9.17) is 0 Å². The molecule has 1 nitrogen and oxygen atoms in total. The van der Waals surface area contributed by atoms with Crippen molar-refractivity contribution in [3.8, 4) is 0 Å². The largest absolute Gasteiger partial charge is 0.310 e. The molecular weight excluding hydrogens is 421 g/mol. The first-order valence-corrected chi connectivity index (χ1v) is 8.66. The van der Waals surface area contributed by atoms with Crippen molar-refractivity contribution in [3.63, 3.8) is 0 Å². The van der Waals surface area contributed by atoms with E-state index >= 15 is 0 Å². The molecule has 18 heavy (non-hydrogen) atoms. The van der Waals surface area contributed by atoms with Gasteiger partial charge in [0.25, 0.3) is 0 Å². The minimum Gasteiger partial charge on any atom is -0.310 e. The first kappa shape index (κ1) is 14.5. The maximum Gasteiger partial charge on any atom is 0.0701 e. The molecule has 0 radical (unpaired) electrons. The number of nitrogens with one attached hydrogen (secondary N) is 1. The van der Waals surface area contributed by atoms with Crippen molar-refractivity contribution in [1.82, 2.24) is 5.32 Å². The summed E-state index contributed by atoms with van der Waals surface area (Å²) in [7, 11) is 0. The van der Waals surface area contributed by atoms with Crippen molar-refractivity contribution < 1.29 is 0 Å². The van der Waals surface area contributed by atoms with Gasteiger partial charge in [-0.2, -0.15) is 0 Å². The van der Waals surface area contributed by atoms with E-state index in [2.05, 4.69) is 86.5 Å². The minimum atomic E-state index is 0.401. The molecule has 2 rings (SSSR count). The highest BCUT2D eigenvalue weighted by molar-refractivity contribution is 14.1. The van der Waals surface area contributed by atoms with Gasteiger partial charge in [-0.15, -0.1) is 11.3 Å². The van der Waals surface area contributed by atoms with Crippen molar-refractivity contribution in [2.45, 2.75) is 19.4 Å². The zero-order valence-corrected chi connectivity index (χ0v) is 14.7. The van der Waals surface area contributed by atoms with Gasteiger partial charge >= 0.3 is 0 Å². The number of thiophene rings is 1. The van der Waals surface area contributed by atoms with E-state index < -0.39 is 0 Å². The van der Waals surface area contributed by atoms with E-state index in [1.54, 1.807) is 11.3 Å². The first-order chi connectivity index (χ1) is 8.69. The van der Waals surface area contributed by atoms with Crippen molar-refractivity contribution in [1.29, 1.82) is 0 Å². The molecule has 0 spiro atoms. The molecule has 4 heteroatoms. The second-order valence-electron chi connectivity index (χ2n) is 4.13. The minimum absolute atomic E-state index is 0.401. The third-order valence-corrected chi connectivity index (χ3v) is 5.04. The summed E-state index contributed by atoms with van der Waals surface area (Å²) in [6.45, 7) is 3.14. The molecule has 0 aliphatic rings. The molecule has 0 aliphatic carbocycles. The van der Waals surface area contributed by atoms with Crippen LogP contribution < -0.4 is 5.32 Å². The molecule has 2 aromatic rings. The van der Waals surface area contributed by atoms with Gasteiger partial charge in [0, 0.05) is 9.61 Å². The van der Waals surface area contributed by atoms with E-state index in [1.807, 2.05) is 0 Å². The summed E-state index contributed by atoms with van der Waals surface area (Å²) < 4.78 is 2.48. The summed E-state index contributed by atoms with van der Waals surface area (Å²) in [4.78, 5) is 0. The Hall–Kier alpha value is 0.0900. The fraction of sp³-hybridized carbons (Fsp3) is 0.286. The Morgan fingerprint density at radius 2 is 2.06 bits per heavy atom. The van der Waals surface area contributed by atoms with Crippen LogP contribution in [-0.2, 0) is 6.42 Å². The van der Waals surface area contributed by atoms with Crippen LogP contribution in [0, 0.1) is 3.57 Å². The molecular formula is C14H15BrINS. The molecule has 1 aromatic carbocycles. The highest BCUT2D eigenvalue weighted by Gasteiger charge is 2.12. The van der Waals surface area contributed by atoms with Crippen LogP contribution in [-0.4, -0.2) is 6.54 Å². The predicted octanol–water partition coefficient (Wildman–Crippen LogP) is 5.01. The average molecular weight is 436 g/mol. The van der Waals surface area contributed by atoms with Gasteiger partial charge in [0.05, 0.1) is 3.79 Å². The predicted molar refractivity (Wildman–Crippen MR) is 91.3 cm³/mol. The maximum atomic E-state index is 3.56. The maximum absolute atomic E-state index is 3.56. The second kappa shape index (κ2) is 7.03. The third kappa shape index (κ3) is 4.05. The van der Waals surface area contributed by atoms with Crippen LogP contribution in [0.3, 0.4) is 0 Å². The standard InChI is InChI=1S/C14H15BrINS/c1-2-17-13(11-8-14(15)18-9-11)7-10-3-5-12(16)6-4-10/h3-6,8-9,13,17H,2,7H2,1H3. The highest BCUT2D eigenvalue weighted by atomic mass is 127. The van der Waals surface area contributed by atoms with Gasteiger partial charge in [-0.1, -0.05) is 19.1 Å². The van der Waals surface area contributed by atoms with Crippen LogP contribution in [0.25, 0.3) is 0 Å². The Balaban J connectivity index is 2.13. The van der Waals surface area contributed by atoms with E-state index in [-0.39, 0.29) is 0 Å². The second-order valence-corrected chi connectivity index (χ2v) is 7.66. The molecule has 0 amide bonds. The lowest BCUT2D eigenvalue weighted by atomic mass is 10.0. The summed E-state index contributed by atoms with van der Waals surface area (Å²) in [5.74, 6) is 0. The summed E-state index contributed by atoms with van der Waals surface area (Å²) in [5.41, 5.74) is 2.75. The van der Waals surface area contributed by atoms with Crippen LogP contribution in [0.2, 0.25) is 0 Å². The van der Waals surface area contributed by atoms with Gasteiger partial charge in [0.15, 0.2) is 0 Å². The summed E-state index contributed by atoms with van der Waals surface area (Å²) >= 11 is 7.62. The third-order valence-electron chi connectivity index (χ3n) is 2.79. The number of halogens is 2. The summed E-state index contributed by atoms with van der Waals surface area (Å²) in [6, 6.07) is 11.4. The van der Waals surface area contributed by atoms with Gasteiger partial charge in [0.1, 0.15) is 0 Å². The Kier molecular flexibility index (Phi) is 5.66. The van der Waals surface area contributed by atoms with Crippen molar-refractivity contribution >= 4 is 49.9 Å². The average Bonchev–Trinajstić information content (AvgIpc) is 2.78. The van der Waals surface area contributed by atoms with Crippen LogP contribution in [0.4, 0.5) is 0 Å². The smallest absolute Gasteiger partial charge is 0.0701 e. The molecule has 96 valence electrons. The quantitative estimate of drug-likeness (QED) is 0.651. The van der Waals surface area contributed by atoms with Crippen molar-refractivity contribution in [3.05, 3.63) is 54.2 Å². The SMILES string of the molecule is CCNC(Cc1ccc(I)cc1)c1csc(Br)c1. The van der Waals surface area contributed by atoms with Gasteiger partial charge in [-0.05, 0) is 86.2 Å². The number of hydrogen-bond acceptors (Lipinski definition) is 2. The Morgan fingerprint density at radius 3 is 2.61 bits per heavy atom. The van der Waals surface area contributed by atoms with Crippen LogP contribution >= 0.6 is 49.9 Å². The number of rotatable bonds is 5. The molecule has 1 aromatic heterocycles. The lowest BCUT2D eigenvalue weighted by molar-refractivity contribution is 0.551. The molecule has 0 saturated carbocycles. The van der Waals surface area contributed by atoms with Crippen LogP contribution in [0.5, 0.6) is 0 Å². The van der Waals surface area contributed by atoms with Crippen molar-refractivity contribution in [2.75, 3.05) is 6.54 Å². The zero-order valence-electron chi connectivity index (χ0n) is 10.1. The monoisotopic (exact) mass is 435 g/mol. The lowest BCUT2D eigenvalue weighted by Gasteiger charge is -2.17. The fourth-order valence-corrected chi connectivity index (χ4v) is 3.51. The van der Waals surface area contributed by atoms with Gasteiger partial charge in [-0.25, -0.2) is 0 Å². The van der Waals surface area contributed by atoms with Gasteiger partial charge in [-0.3, -0.25) is 0 Å². The number of benzene rings is 1. The van der Waals surface area contributed by atoms with E-state index in [1.165, 1.54) is 18.5 Å². The van der Waals surface area contributed by atoms with Crippen LogP contribution in [0.15, 0.2) is 39.5 Å². The van der Waals surface area contributed by atoms with Crippen LogP contribution in [0.1, 0.15) is 24.1 Å². The van der Waals surface area contributed by atoms with Crippen molar-refractivity contribution in [2.24, 2.45) is 0 Å². The number of hydrogen-bond donors (Lipinski definition) is 1.